The van der Waals surface area contributed by atoms with Gasteiger partial charge in [0.25, 0.3) is 0 Å². The van der Waals surface area contributed by atoms with Crippen LogP contribution >= 0.6 is 0 Å². The fourth-order valence-corrected chi connectivity index (χ4v) is 2.52. The molecule has 25 heavy (non-hydrogen) atoms. The quantitative estimate of drug-likeness (QED) is 0.742. The molecule has 0 bridgehead atoms. The van der Waals surface area contributed by atoms with Crippen molar-refractivity contribution in [3.05, 3.63) is 41.1 Å². The van der Waals surface area contributed by atoms with E-state index >= 15 is 0 Å². The summed E-state index contributed by atoms with van der Waals surface area (Å²) in [7, 11) is 0. The van der Waals surface area contributed by atoms with Crippen LogP contribution in [0.4, 0.5) is 4.79 Å². The molecule has 0 spiro atoms. The van der Waals surface area contributed by atoms with Crippen molar-refractivity contribution in [3.63, 3.8) is 0 Å². The second-order valence-corrected chi connectivity index (χ2v) is 6.11. The lowest BCUT2D eigenvalue weighted by atomic mass is 9.95. The van der Waals surface area contributed by atoms with E-state index in [1.165, 1.54) is 0 Å². The fraction of sp³-hybridized carbons (Fsp3) is 0.474. The van der Waals surface area contributed by atoms with Crippen molar-refractivity contribution < 1.29 is 19.1 Å². The molecule has 1 heterocycles. The predicted octanol–water partition coefficient (Wildman–Crippen LogP) is 3.45. The van der Waals surface area contributed by atoms with Crippen LogP contribution in [-0.4, -0.2) is 24.7 Å². The molecule has 2 rings (SSSR count). The average Bonchev–Trinajstić information content (AvgIpc) is 2.59. The highest BCUT2D eigenvalue weighted by Gasteiger charge is 2.32. The molecule has 0 saturated carbocycles. The maximum Gasteiger partial charge on any atom is 0.338 e. The molecule has 136 valence electrons. The Labute approximate surface area is 148 Å². The van der Waals surface area contributed by atoms with Crippen LogP contribution in [0.5, 0.6) is 5.75 Å². The lowest BCUT2D eigenvalue weighted by molar-refractivity contribution is -0.144. The minimum Gasteiger partial charge on any atom is -0.494 e. The van der Waals surface area contributed by atoms with Crippen molar-refractivity contribution in [2.75, 3.05) is 6.61 Å². The number of rotatable bonds is 7. The van der Waals surface area contributed by atoms with Crippen molar-refractivity contribution >= 4 is 12.0 Å². The van der Waals surface area contributed by atoms with E-state index in [0.29, 0.717) is 17.9 Å². The Hall–Kier alpha value is -2.50. The Morgan fingerprint density at radius 3 is 2.52 bits per heavy atom. The summed E-state index contributed by atoms with van der Waals surface area (Å²) in [5.74, 6) is 0.339. The van der Waals surface area contributed by atoms with Crippen LogP contribution in [0, 0.1) is 0 Å². The highest BCUT2D eigenvalue weighted by atomic mass is 16.5. The second kappa shape index (κ2) is 8.55. The molecule has 1 aliphatic heterocycles. The third-order valence-electron chi connectivity index (χ3n) is 4.06. The van der Waals surface area contributed by atoms with Gasteiger partial charge in [0.1, 0.15) is 5.75 Å². The normalized spacial score (nSPS) is 18.2. The molecule has 2 N–H and O–H groups in total. The van der Waals surface area contributed by atoms with Gasteiger partial charge in [-0.2, -0.15) is 0 Å². The summed E-state index contributed by atoms with van der Waals surface area (Å²) in [4.78, 5) is 24.5. The number of urea groups is 1. The Morgan fingerprint density at radius 2 is 1.92 bits per heavy atom. The molecular formula is C19H26N2O4. The number of carbonyl (C=O) groups excluding carboxylic acids is 2. The first-order valence-corrected chi connectivity index (χ1v) is 8.68. The van der Waals surface area contributed by atoms with Crippen molar-refractivity contribution in [2.45, 2.75) is 52.7 Å². The van der Waals surface area contributed by atoms with E-state index < -0.39 is 12.0 Å². The lowest BCUT2D eigenvalue weighted by Gasteiger charge is -2.29. The fourth-order valence-electron chi connectivity index (χ4n) is 2.52. The molecule has 2 amide bonds. The summed E-state index contributed by atoms with van der Waals surface area (Å²) in [6, 6.07) is 6.49. The Bertz CT molecular complexity index is 652. The molecule has 0 aliphatic carbocycles. The predicted molar refractivity (Wildman–Crippen MR) is 95.2 cm³/mol. The molecule has 0 aromatic heterocycles. The van der Waals surface area contributed by atoms with Gasteiger partial charge in [0.15, 0.2) is 0 Å². The van der Waals surface area contributed by atoms with Gasteiger partial charge in [-0.3, -0.25) is 0 Å². The van der Waals surface area contributed by atoms with Crippen molar-refractivity contribution in [1.82, 2.24) is 10.6 Å². The van der Waals surface area contributed by atoms with E-state index in [1.54, 1.807) is 6.92 Å². The average molecular weight is 346 g/mol. The molecule has 2 unspecified atom stereocenters. The van der Waals surface area contributed by atoms with E-state index in [2.05, 4.69) is 10.6 Å². The molecule has 1 aliphatic rings. The first-order chi connectivity index (χ1) is 12.0. The van der Waals surface area contributed by atoms with E-state index in [-0.39, 0.29) is 12.1 Å². The van der Waals surface area contributed by atoms with Crippen molar-refractivity contribution in [2.24, 2.45) is 0 Å². The number of allylic oxidation sites excluding steroid dienone is 1. The summed E-state index contributed by atoms with van der Waals surface area (Å²) in [6.45, 7) is 8.19. The minimum atomic E-state index is -0.550. The molecular weight excluding hydrogens is 320 g/mol. The molecule has 6 nitrogen and oxygen atoms in total. The van der Waals surface area contributed by atoms with Gasteiger partial charge in [-0.15, -0.1) is 0 Å². The van der Waals surface area contributed by atoms with Crippen LogP contribution in [0.25, 0.3) is 0 Å². The third-order valence-corrected chi connectivity index (χ3v) is 4.06. The maximum atomic E-state index is 12.6. The zero-order chi connectivity index (χ0) is 18.4. The molecule has 0 fully saturated rings. The van der Waals surface area contributed by atoms with E-state index in [0.717, 1.165) is 24.2 Å². The number of hydrogen-bond acceptors (Lipinski definition) is 4. The standard InChI is InChI=1S/C19H26N2O4/c1-5-11-24-15-9-7-14(8-10-15)17-16(13(4)20-19(23)21-17)18(22)25-12(3)6-2/h7-10,12,17H,5-6,11H2,1-4H3,(H2,20,21,23). The van der Waals surface area contributed by atoms with Gasteiger partial charge in [-0.1, -0.05) is 26.0 Å². The number of carbonyl (C=O) groups is 2. The summed E-state index contributed by atoms with van der Waals surface area (Å²) in [6.07, 6.45) is 1.47. The topological polar surface area (TPSA) is 76.7 Å². The molecule has 1 aromatic carbocycles. The largest absolute Gasteiger partial charge is 0.494 e. The van der Waals surface area contributed by atoms with E-state index in [4.69, 9.17) is 9.47 Å². The lowest BCUT2D eigenvalue weighted by Crippen LogP contribution is -2.45. The van der Waals surface area contributed by atoms with Crippen LogP contribution < -0.4 is 15.4 Å². The molecule has 1 aromatic rings. The van der Waals surface area contributed by atoms with Crippen LogP contribution in [0.15, 0.2) is 35.5 Å². The third kappa shape index (κ3) is 4.75. The van der Waals surface area contributed by atoms with Gasteiger partial charge in [-0.25, -0.2) is 9.59 Å². The Morgan fingerprint density at radius 1 is 1.24 bits per heavy atom. The smallest absolute Gasteiger partial charge is 0.338 e. The second-order valence-electron chi connectivity index (χ2n) is 6.11. The van der Waals surface area contributed by atoms with Crippen LogP contribution in [-0.2, 0) is 9.53 Å². The van der Waals surface area contributed by atoms with Crippen LogP contribution in [0.2, 0.25) is 0 Å². The maximum absolute atomic E-state index is 12.6. The van der Waals surface area contributed by atoms with Crippen LogP contribution in [0.1, 0.15) is 52.1 Å². The number of esters is 1. The minimum absolute atomic E-state index is 0.184. The zero-order valence-electron chi connectivity index (χ0n) is 15.2. The molecule has 2 atom stereocenters. The number of nitrogens with one attached hydrogen (secondary N) is 2. The van der Waals surface area contributed by atoms with Gasteiger partial charge in [0.05, 0.1) is 24.3 Å². The van der Waals surface area contributed by atoms with Crippen LogP contribution in [0.3, 0.4) is 0 Å². The van der Waals surface area contributed by atoms with E-state index in [9.17, 15) is 9.59 Å². The number of ether oxygens (including phenoxy) is 2. The van der Waals surface area contributed by atoms with Gasteiger partial charge in [0.2, 0.25) is 0 Å². The SMILES string of the molecule is CCCOc1ccc(C2NC(=O)NC(C)=C2C(=O)OC(C)CC)cc1. The van der Waals surface area contributed by atoms with E-state index in [1.807, 2.05) is 45.0 Å². The Kier molecular flexibility index (Phi) is 6.44. The molecule has 6 heteroatoms. The highest BCUT2D eigenvalue weighted by Crippen LogP contribution is 2.29. The summed E-state index contributed by atoms with van der Waals surface area (Å²) < 4.78 is 11.0. The number of benzene rings is 1. The number of amides is 2. The first-order valence-electron chi connectivity index (χ1n) is 8.68. The zero-order valence-corrected chi connectivity index (χ0v) is 15.2. The van der Waals surface area contributed by atoms with Crippen molar-refractivity contribution in [3.8, 4) is 5.75 Å². The highest BCUT2D eigenvalue weighted by molar-refractivity contribution is 5.95. The van der Waals surface area contributed by atoms with Gasteiger partial charge in [-0.05, 0) is 44.4 Å². The summed E-state index contributed by atoms with van der Waals surface area (Å²) >= 11 is 0. The van der Waals surface area contributed by atoms with Gasteiger partial charge < -0.3 is 20.1 Å². The number of hydrogen-bond donors (Lipinski definition) is 2. The first kappa shape index (κ1) is 18.8. The summed E-state index contributed by atoms with van der Waals surface area (Å²) in [5, 5.41) is 5.44. The monoisotopic (exact) mass is 346 g/mol. The van der Waals surface area contributed by atoms with Gasteiger partial charge in [0, 0.05) is 5.70 Å². The summed E-state index contributed by atoms with van der Waals surface area (Å²) in [5.41, 5.74) is 1.73. The molecule has 0 saturated heterocycles. The molecule has 0 radical (unpaired) electrons. The van der Waals surface area contributed by atoms with Crippen molar-refractivity contribution in [1.29, 1.82) is 0 Å². The Balaban J connectivity index is 2.27. The van der Waals surface area contributed by atoms with Gasteiger partial charge >= 0.3 is 12.0 Å².